The summed E-state index contributed by atoms with van der Waals surface area (Å²) < 4.78 is 0. The van der Waals surface area contributed by atoms with Crippen LogP contribution in [-0.4, -0.2) is 26.2 Å². The van der Waals surface area contributed by atoms with Crippen LogP contribution in [0.4, 0.5) is 0 Å². The summed E-state index contributed by atoms with van der Waals surface area (Å²) in [4.78, 5) is 0. The molecule has 57 heavy (non-hydrogen) atoms. The minimum Gasteiger partial charge on any atom is -0.0654 e. The summed E-state index contributed by atoms with van der Waals surface area (Å²) in [5, 5.41) is 0. The molecule has 0 rings (SSSR count). The molecular formula is C56H116P+. The first-order valence-corrected chi connectivity index (χ1v) is 31.2. The fraction of sp³-hybridized carbons (Fsp3) is 1.00. The Kier molecular flexibility index (Phi) is 51.2. The van der Waals surface area contributed by atoms with E-state index in [0.29, 0.717) is 0 Å². The first-order chi connectivity index (χ1) is 28.1. The van der Waals surface area contributed by atoms with Gasteiger partial charge in [0.05, 0.1) is 6.16 Å². The van der Waals surface area contributed by atoms with Crippen LogP contribution in [-0.2, 0) is 0 Å². The minimum absolute atomic E-state index is 0.526. The fourth-order valence-electron chi connectivity index (χ4n) is 9.32. The lowest BCUT2D eigenvalue weighted by molar-refractivity contribution is 0.507. The molecule has 0 amide bonds. The average molecular weight is 821 g/mol. The maximum atomic E-state index is 2.49. The predicted octanol–water partition coefficient (Wildman–Crippen LogP) is 21.8. The first-order valence-electron chi connectivity index (χ1n) is 27.9. The third-order valence-electron chi connectivity index (χ3n) is 13.4. The van der Waals surface area contributed by atoms with Crippen molar-refractivity contribution in [3.8, 4) is 0 Å². The van der Waals surface area contributed by atoms with Crippen molar-refractivity contribution in [3.05, 3.63) is 0 Å². The molecule has 0 aromatic carbocycles. The van der Waals surface area contributed by atoms with Gasteiger partial charge in [0.15, 0.2) is 0 Å². The zero-order valence-corrected chi connectivity index (χ0v) is 42.1. The zero-order chi connectivity index (χ0) is 41.3. The van der Waals surface area contributed by atoms with Crippen LogP contribution >= 0.6 is 7.26 Å². The van der Waals surface area contributed by atoms with E-state index in [1.54, 1.807) is 0 Å². The summed E-state index contributed by atoms with van der Waals surface area (Å²) in [6.45, 7) is 9.77. The van der Waals surface area contributed by atoms with Gasteiger partial charge in [-0.25, -0.2) is 0 Å². The van der Waals surface area contributed by atoms with Gasteiger partial charge < -0.3 is 0 Å². The van der Waals surface area contributed by atoms with Crippen LogP contribution in [0.15, 0.2) is 0 Å². The molecule has 0 unspecified atom stereocenters. The average Bonchev–Trinajstić information content (AvgIpc) is 3.19. The lowest BCUT2D eigenvalue weighted by atomic mass is 10.0. The van der Waals surface area contributed by atoms with E-state index in [1.165, 1.54) is 334 Å². The maximum absolute atomic E-state index is 2.49. The Morgan fingerprint density at radius 2 is 0.263 bits per heavy atom. The Morgan fingerprint density at radius 1 is 0.158 bits per heavy atom. The summed E-state index contributed by atoms with van der Waals surface area (Å²) in [7, 11) is -0.526. The van der Waals surface area contributed by atoms with Crippen molar-refractivity contribution in [1.29, 1.82) is 0 Å². The van der Waals surface area contributed by atoms with Gasteiger partial charge in [-0.15, -0.1) is 0 Å². The van der Waals surface area contributed by atoms with E-state index < -0.39 is 7.26 Å². The summed E-state index contributed by atoms with van der Waals surface area (Å²) in [6.07, 6.45) is 77.6. The van der Waals surface area contributed by atoms with E-state index in [-0.39, 0.29) is 0 Å². The predicted molar refractivity (Wildman–Crippen MR) is 271 cm³/mol. The fourth-order valence-corrected chi connectivity index (χ4v) is 10.5. The molecule has 1 heteroatoms. The van der Waals surface area contributed by atoms with Crippen molar-refractivity contribution in [2.75, 3.05) is 26.2 Å². The third kappa shape index (κ3) is 56.4. The van der Waals surface area contributed by atoms with Crippen molar-refractivity contribution in [2.24, 2.45) is 0 Å². The van der Waals surface area contributed by atoms with E-state index in [4.69, 9.17) is 0 Å². The highest BCUT2D eigenvalue weighted by Crippen LogP contribution is 2.47. The van der Waals surface area contributed by atoms with Crippen LogP contribution in [0.5, 0.6) is 0 Å². The van der Waals surface area contributed by atoms with Gasteiger partial charge in [-0.2, -0.15) is 0 Å². The highest BCUT2D eigenvalue weighted by Gasteiger charge is 2.15. The molecule has 0 N–H and O–H groups in total. The molecule has 0 aromatic heterocycles. The van der Waals surface area contributed by atoms with Crippen LogP contribution in [0, 0.1) is 0 Å². The zero-order valence-electron chi connectivity index (χ0n) is 41.2. The van der Waals surface area contributed by atoms with Crippen LogP contribution in [0.25, 0.3) is 0 Å². The number of hydrogen-bond donors (Lipinski definition) is 0. The Balaban J connectivity index is 3.07. The molecule has 0 radical (unpaired) electrons. The third-order valence-corrected chi connectivity index (χ3v) is 15.1. The van der Waals surface area contributed by atoms with Gasteiger partial charge in [0.1, 0.15) is 0 Å². The molecule has 0 saturated carbocycles. The molecule has 0 heterocycles. The summed E-state index contributed by atoms with van der Waals surface area (Å²) in [5.74, 6) is 0. The minimum atomic E-state index is -0.526. The van der Waals surface area contributed by atoms with Gasteiger partial charge in [0.2, 0.25) is 0 Å². The Bertz CT molecular complexity index is 677. The lowest BCUT2D eigenvalue weighted by Crippen LogP contribution is -1.93. The van der Waals surface area contributed by atoms with Gasteiger partial charge in [0, 0.05) is 27.3 Å². The van der Waals surface area contributed by atoms with E-state index in [9.17, 15) is 0 Å². The van der Waals surface area contributed by atoms with Crippen molar-refractivity contribution in [2.45, 2.75) is 334 Å². The second-order valence-electron chi connectivity index (χ2n) is 20.7. The molecule has 0 bridgehead atoms. The van der Waals surface area contributed by atoms with Gasteiger partial charge in [-0.1, -0.05) is 322 Å². The molecule has 0 fully saturated rings. The van der Waals surface area contributed by atoms with Gasteiger partial charge in [-0.05, 0) is 12.8 Å². The van der Waals surface area contributed by atoms with Crippen LogP contribution in [0.2, 0.25) is 0 Å². The molecule has 0 aliphatic heterocycles. The SMILES string of the molecule is CCCCCCCCCCCCCCCCCCCCCCCCCCCCCCCCCCCCCCCCCCCCCCCCCCCCC[P+](C)(C)C. The second kappa shape index (κ2) is 50.8. The van der Waals surface area contributed by atoms with Gasteiger partial charge >= 0.3 is 0 Å². The molecule has 0 spiro atoms. The van der Waals surface area contributed by atoms with Crippen molar-refractivity contribution < 1.29 is 0 Å². The Hall–Kier alpha value is 0.430. The highest BCUT2D eigenvalue weighted by atomic mass is 31.2. The Morgan fingerprint density at radius 3 is 0.368 bits per heavy atom. The molecule has 0 aromatic rings. The summed E-state index contributed by atoms with van der Waals surface area (Å²) >= 11 is 0. The van der Waals surface area contributed by atoms with Crippen LogP contribution < -0.4 is 0 Å². The van der Waals surface area contributed by atoms with E-state index >= 15 is 0 Å². The standard InChI is InChI=1S/C56H116P/c1-5-6-7-8-9-10-11-12-13-14-15-16-17-18-19-20-21-22-23-24-25-26-27-28-29-30-31-32-33-34-35-36-37-38-39-40-41-42-43-44-45-46-47-48-49-50-51-52-53-54-55-56-57(2,3)4/h5-56H2,1-4H3/q+1. The number of rotatable bonds is 52. The van der Waals surface area contributed by atoms with Crippen molar-refractivity contribution in [3.63, 3.8) is 0 Å². The second-order valence-corrected chi connectivity index (χ2v) is 25.7. The van der Waals surface area contributed by atoms with E-state index in [0.717, 1.165) is 0 Å². The molecule has 0 aliphatic carbocycles. The summed E-state index contributed by atoms with van der Waals surface area (Å²) in [6, 6.07) is 0. The van der Waals surface area contributed by atoms with E-state index in [2.05, 4.69) is 26.9 Å². The Labute approximate surface area is 366 Å². The first kappa shape index (κ1) is 57.4. The molecule has 0 atom stereocenters. The highest BCUT2D eigenvalue weighted by molar-refractivity contribution is 7.73. The smallest absolute Gasteiger partial charge is 0.0586 e. The number of hydrogen-bond acceptors (Lipinski definition) is 0. The van der Waals surface area contributed by atoms with E-state index in [1.807, 2.05) is 0 Å². The monoisotopic (exact) mass is 820 g/mol. The normalized spacial score (nSPS) is 12.0. The van der Waals surface area contributed by atoms with Gasteiger partial charge in [-0.3, -0.25) is 0 Å². The molecular weight excluding hydrogens is 704 g/mol. The molecule has 0 saturated heterocycles. The largest absolute Gasteiger partial charge is 0.0654 e. The molecule has 0 nitrogen and oxygen atoms in total. The van der Waals surface area contributed by atoms with Crippen LogP contribution in [0.3, 0.4) is 0 Å². The molecule has 0 aliphatic rings. The number of unbranched alkanes of at least 4 members (excludes halogenated alkanes) is 50. The summed E-state index contributed by atoms with van der Waals surface area (Å²) in [5.41, 5.74) is 0. The van der Waals surface area contributed by atoms with Crippen molar-refractivity contribution in [1.82, 2.24) is 0 Å². The quantitative estimate of drug-likeness (QED) is 0.0424. The maximum Gasteiger partial charge on any atom is 0.0586 e. The van der Waals surface area contributed by atoms with Gasteiger partial charge in [0.25, 0.3) is 0 Å². The molecule has 344 valence electrons. The lowest BCUT2D eigenvalue weighted by Gasteiger charge is -2.10. The van der Waals surface area contributed by atoms with Crippen molar-refractivity contribution >= 4 is 7.26 Å². The van der Waals surface area contributed by atoms with Crippen LogP contribution in [0.1, 0.15) is 334 Å². The topological polar surface area (TPSA) is 0 Å².